The lowest BCUT2D eigenvalue weighted by Crippen LogP contribution is -2.29. The fraction of sp³-hybridized carbons (Fsp3) is 0.615. The number of likely N-dealkylation sites (tertiary alicyclic amines) is 1. The summed E-state index contributed by atoms with van der Waals surface area (Å²) in [6.07, 6.45) is 7.80. The van der Waals surface area contributed by atoms with Gasteiger partial charge >= 0.3 is 0 Å². The predicted molar refractivity (Wildman–Crippen MR) is 64.8 cm³/mol. The number of hydrogen-bond acceptors (Lipinski definition) is 2. The Morgan fingerprint density at radius 2 is 2.13 bits per heavy atom. The minimum absolute atomic E-state index is 0.599. The monoisotopic (exact) mass is 206 g/mol. The van der Waals surface area contributed by atoms with E-state index in [-0.39, 0.29) is 0 Å². The summed E-state index contributed by atoms with van der Waals surface area (Å²) in [5.74, 6) is 0. The van der Waals surface area contributed by atoms with Gasteiger partial charge in [-0.1, -0.05) is 26.3 Å². The molecular formula is C13H22N2. The lowest BCUT2D eigenvalue weighted by molar-refractivity contribution is 0.187. The van der Waals surface area contributed by atoms with Crippen LogP contribution in [-0.4, -0.2) is 23.5 Å². The van der Waals surface area contributed by atoms with Gasteiger partial charge in [0.05, 0.1) is 0 Å². The molecule has 1 fully saturated rings. The Labute approximate surface area is 93.3 Å². The normalized spacial score (nSPS) is 21.7. The van der Waals surface area contributed by atoms with Gasteiger partial charge in [-0.2, -0.15) is 0 Å². The minimum atomic E-state index is 0.599. The Morgan fingerprint density at radius 3 is 2.73 bits per heavy atom. The molecule has 0 saturated carbocycles. The third-order valence-corrected chi connectivity index (χ3v) is 2.84. The maximum Gasteiger partial charge on any atom is 0.0360 e. The molecule has 2 rings (SSSR count). The molecule has 0 aromatic carbocycles. The third kappa shape index (κ3) is 3.31. The van der Waals surface area contributed by atoms with E-state index in [2.05, 4.69) is 23.0 Å². The number of nitrogens with zero attached hydrogens (tertiary/aromatic N) is 2. The van der Waals surface area contributed by atoms with Crippen LogP contribution in [0.15, 0.2) is 24.5 Å². The Morgan fingerprint density at radius 1 is 1.33 bits per heavy atom. The molecule has 0 spiro atoms. The number of rotatable bonds is 1. The van der Waals surface area contributed by atoms with Crippen LogP contribution in [0.2, 0.25) is 0 Å². The number of piperidine rings is 1. The van der Waals surface area contributed by atoms with Crippen LogP contribution in [-0.2, 0) is 0 Å². The first-order chi connectivity index (χ1) is 7.38. The standard InChI is InChI=1S/C11H16N2.C2H6/c1-13-8-3-2-6-11(13)10-5-4-7-12-9-10;1-2/h4-5,7,9,11H,2-3,6,8H2,1H3;1-2H3. The summed E-state index contributed by atoms with van der Waals surface area (Å²) >= 11 is 0. The zero-order valence-corrected chi connectivity index (χ0v) is 10.1. The van der Waals surface area contributed by atoms with E-state index >= 15 is 0 Å². The van der Waals surface area contributed by atoms with Crippen LogP contribution in [0, 0.1) is 0 Å². The van der Waals surface area contributed by atoms with Crippen molar-refractivity contribution in [2.24, 2.45) is 0 Å². The van der Waals surface area contributed by atoms with Crippen molar-refractivity contribution < 1.29 is 0 Å². The van der Waals surface area contributed by atoms with Crippen LogP contribution in [0.3, 0.4) is 0 Å². The molecule has 1 aromatic heterocycles. The molecule has 15 heavy (non-hydrogen) atoms. The molecular weight excluding hydrogens is 184 g/mol. The number of aromatic nitrogens is 1. The van der Waals surface area contributed by atoms with Crippen molar-refractivity contribution in [1.82, 2.24) is 9.88 Å². The molecule has 1 aromatic rings. The fourth-order valence-electron chi connectivity index (χ4n) is 2.07. The molecule has 0 radical (unpaired) electrons. The molecule has 84 valence electrons. The van der Waals surface area contributed by atoms with Crippen LogP contribution in [0.25, 0.3) is 0 Å². The highest BCUT2D eigenvalue weighted by molar-refractivity contribution is 5.14. The van der Waals surface area contributed by atoms with Gasteiger partial charge in [0.1, 0.15) is 0 Å². The molecule has 1 atom stereocenters. The first-order valence-corrected chi connectivity index (χ1v) is 5.98. The summed E-state index contributed by atoms with van der Waals surface area (Å²) in [7, 11) is 2.21. The van der Waals surface area contributed by atoms with E-state index in [9.17, 15) is 0 Å². The van der Waals surface area contributed by atoms with Crippen molar-refractivity contribution >= 4 is 0 Å². The van der Waals surface area contributed by atoms with Gasteiger partial charge < -0.3 is 0 Å². The average molecular weight is 206 g/mol. The molecule has 0 amide bonds. The molecule has 2 heteroatoms. The van der Waals surface area contributed by atoms with E-state index in [0.717, 1.165) is 0 Å². The van der Waals surface area contributed by atoms with Gasteiger partial charge in [-0.3, -0.25) is 9.88 Å². The largest absolute Gasteiger partial charge is 0.299 e. The average Bonchev–Trinajstić information content (AvgIpc) is 2.33. The van der Waals surface area contributed by atoms with Crippen LogP contribution in [0.1, 0.15) is 44.7 Å². The van der Waals surface area contributed by atoms with Crippen LogP contribution >= 0.6 is 0 Å². The molecule has 1 aliphatic heterocycles. The Kier molecular flexibility index (Phi) is 5.33. The van der Waals surface area contributed by atoms with Crippen LogP contribution in [0.5, 0.6) is 0 Å². The lowest BCUT2D eigenvalue weighted by Gasteiger charge is -2.32. The topological polar surface area (TPSA) is 16.1 Å². The van der Waals surface area contributed by atoms with Gasteiger partial charge in [-0.05, 0) is 38.1 Å². The molecule has 1 unspecified atom stereocenters. The maximum absolute atomic E-state index is 4.17. The lowest BCUT2D eigenvalue weighted by atomic mass is 9.97. The highest BCUT2D eigenvalue weighted by Gasteiger charge is 2.19. The number of pyridine rings is 1. The summed E-state index contributed by atoms with van der Waals surface area (Å²) in [4.78, 5) is 6.60. The van der Waals surface area contributed by atoms with Crippen molar-refractivity contribution in [3.8, 4) is 0 Å². The van der Waals surface area contributed by atoms with Gasteiger partial charge in [-0.25, -0.2) is 0 Å². The predicted octanol–water partition coefficient (Wildman–Crippen LogP) is 3.26. The summed E-state index contributed by atoms with van der Waals surface area (Å²) in [6, 6.07) is 4.81. The first kappa shape index (κ1) is 12.2. The van der Waals surface area contributed by atoms with Crippen molar-refractivity contribution in [3.63, 3.8) is 0 Å². The SMILES string of the molecule is CC.CN1CCCCC1c1cccnc1. The fourth-order valence-corrected chi connectivity index (χ4v) is 2.07. The van der Waals surface area contributed by atoms with Crippen molar-refractivity contribution in [2.45, 2.75) is 39.2 Å². The van der Waals surface area contributed by atoms with E-state index < -0.39 is 0 Å². The highest BCUT2D eigenvalue weighted by atomic mass is 15.1. The Balaban J connectivity index is 0.000000531. The van der Waals surface area contributed by atoms with Gasteiger partial charge in [0.2, 0.25) is 0 Å². The van der Waals surface area contributed by atoms with E-state index in [1.165, 1.54) is 31.4 Å². The molecule has 0 bridgehead atoms. The highest BCUT2D eigenvalue weighted by Crippen LogP contribution is 2.28. The Hall–Kier alpha value is -0.890. The minimum Gasteiger partial charge on any atom is -0.299 e. The van der Waals surface area contributed by atoms with Gasteiger partial charge in [-0.15, -0.1) is 0 Å². The molecule has 0 aliphatic carbocycles. The summed E-state index contributed by atoms with van der Waals surface area (Å²) in [5.41, 5.74) is 1.37. The van der Waals surface area contributed by atoms with E-state index in [1.807, 2.05) is 32.3 Å². The van der Waals surface area contributed by atoms with Crippen molar-refractivity contribution in [3.05, 3.63) is 30.1 Å². The van der Waals surface area contributed by atoms with Gasteiger partial charge in [0.15, 0.2) is 0 Å². The van der Waals surface area contributed by atoms with E-state index in [1.54, 1.807) is 0 Å². The molecule has 1 saturated heterocycles. The maximum atomic E-state index is 4.17. The second-order valence-electron chi connectivity index (χ2n) is 3.78. The first-order valence-electron chi connectivity index (χ1n) is 5.98. The second kappa shape index (κ2) is 6.57. The second-order valence-corrected chi connectivity index (χ2v) is 3.78. The van der Waals surface area contributed by atoms with Crippen LogP contribution in [0.4, 0.5) is 0 Å². The summed E-state index contributed by atoms with van der Waals surface area (Å²) in [5, 5.41) is 0. The van der Waals surface area contributed by atoms with Crippen molar-refractivity contribution in [1.29, 1.82) is 0 Å². The molecule has 2 nitrogen and oxygen atoms in total. The van der Waals surface area contributed by atoms with Crippen LogP contribution < -0.4 is 0 Å². The van der Waals surface area contributed by atoms with Gasteiger partial charge in [0, 0.05) is 18.4 Å². The Bertz CT molecular complexity index is 258. The molecule has 2 heterocycles. The molecule has 0 N–H and O–H groups in total. The number of hydrogen-bond donors (Lipinski definition) is 0. The van der Waals surface area contributed by atoms with E-state index in [0.29, 0.717) is 6.04 Å². The molecule has 1 aliphatic rings. The van der Waals surface area contributed by atoms with E-state index in [4.69, 9.17) is 0 Å². The zero-order valence-electron chi connectivity index (χ0n) is 10.1. The zero-order chi connectivity index (χ0) is 11.1. The summed E-state index contributed by atoms with van der Waals surface area (Å²) < 4.78 is 0. The third-order valence-electron chi connectivity index (χ3n) is 2.84. The summed E-state index contributed by atoms with van der Waals surface area (Å²) in [6.45, 7) is 5.22. The van der Waals surface area contributed by atoms with Crippen molar-refractivity contribution in [2.75, 3.05) is 13.6 Å². The van der Waals surface area contributed by atoms with Gasteiger partial charge in [0.25, 0.3) is 0 Å². The quantitative estimate of drug-likeness (QED) is 0.701. The smallest absolute Gasteiger partial charge is 0.0360 e.